The quantitative estimate of drug-likeness (QED) is 0.812. The molecule has 2 heteroatoms. The van der Waals surface area contributed by atoms with Crippen LogP contribution in [0.1, 0.15) is 30.7 Å². The number of hydrogen-bond donors (Lipinski definition) is 0. The highest BCUT2D eigenvalue weighted by Gasteiger charge is 2.24. The van der Waals surface area contributed by atoms with E-state index in [0.29, 0.717) is 0 Å². The summed E-state index contributed by atoms with van der Waals surface area (Å²) in [5.41, 5.74) is 1.53. The van der Waals surface area contributed by atoms with Crippen molar-refractivity contribution in [1.29, 1.82) is 0 Å². The Morgan fingerprint density at radius 2 is 1.83 bits per heavy atom. The van der Waals surface area contributed by atoms with Crippen LogP contribution in [0.5, 0.6) is 0 Å². The topological polar surface area (TPSA) is 12.5 Å². The van der Waals surface area contributed by atoms with Crippen LogP contribution in [-0.2, 0) is 4.74 Å². The molecule has 0 radical (unpaired) electrons. The standard InChI is InChI=1S/C16H23NO/c1-2-4-15(5-3-1)16-6-9-17(10-7-16)12-14-8-11-18-13-14/h1-5,14,16H,6-13H2. The maximum Gasteiger partial charge on any atom is 0.0507 e. The fourth-order valence-electron chi connectivity index (χ4n) is 3.27. The minimum absolute atomic E-state index is 0.780. The number of benzene rings is 1. The number of nitrogens with zero attached hydrogens (tertiary/aromatic N) is 1. The van der Waals surface area contributed by atoms with Crippen LogP contribution in [0.15, 0.2) is 30.3 Å². The predicted molar refractivity (Wildman–Crippen MR) is 73.8 cm³/mol. The highest BCUT2D eigenvalue weighted by Crippen LogP contribution is 2.28. The van der Waals surface area contributed by atoms with Gasteiger partial charge in [0.15, 0.2) is 0 Å². The Kier molecular flexibility index (Phi) is 3.96. The molecule has 0 N–H and O–H groups in total. The first kappa shape index (κ1) is 12.2. The first-order valence-corrected chi connectivity index (χ1v) is 7.27. The molecule has 0 aliphatic carbocycles. The summed E-state index contributed by atoms with van der Waals surface area (Å²) in [4.78, 5) is 2.64. The third-order valence-corrected chi connectivity index (χ3v) is 4.40. The number of hydrogen-bond acceptors (Lipinski definition) is 2. The highest BCUT2D eigenvalue weighted by molar-refractivity contribution is 5.19. The van der Waals surface area contributed by atoms with E-state index >= 15 is 0 Å². The molecular formula is C16H23NO. The van der Waals surface area contributed by atoms with Gasteiger partial charge in [-0.1, -0.05) is 30.3 Å². The third-order valence-electron chi connectivity index (χ3n) is 4.40. The van der Waals surface area contributed by atoms with E-state index in [2.05, 4.69) is 35.2 Å². The molecule has 2 heterocycles. The fraction of sp³-hybridized carbons (Fsp3) is 0.625. The molecule has 1 unspecified atom stereocenters. The van der Waals surface area contributed by atoms with Crippen LogP contribution < -0.4 is 0 Å². The van der Waals surface area contributed by atoms with E-state index in [1.165, 1.54) is 44.5 Å². The second-order valence-electron chi connectivity index (χ2n) is 5.72. The van der Waals surface area contributed by atoms with Crippen molar-refractivity contribution in [2.45, 2.75) is 25.2 Å². The molecule has 2 aliphatic rings. The van der Waals surface area contributed by atoms with E-state index in [1.54, 1.807) is 0 Å². The lowest BCUT2D eigenvalue weighted by molar-refractivity contribution is 0.152. The summed E-state index contributed by atoms with van der Waals surface area (Å²) >= 11 is 0. The molecule has 1 aromatic rings. The van der Waals surface area contributed by atoms with Gasteiger partial charge in [0.25, 0.3) is 0 Å². The Morgan fingerprint density at radius 1 is 1.06 bits per heavy atom. The molecule has 18 heavy (non-hydrogen) atoms. The van der Waals surface area contributed by atoms with Gasteiger partial charge in [0.1, 0.15) is 0 Å². The Hall–Kier alpha value is -0.860. The van der Waals surface area contributed by atoms with Crippen LogP contribution in [0.2, 0.25) is 0 Å². The van der Waals surface area contributed by atoms with Gasteiger partial charge in [0, 0.05) is 13.2 Å². The summed E-state index contributed by atoms with van der Waals surface area (Å²) < 4.78 is 5.46. The normalized spacial score (nSPS) is 26.6. The molecular weight excluding hydrogens is 222 g/mol. The van der Waals surface area contributed by atoms with E-state index in [9.17, 15) is 0 Å². The van der Waals surface area contributed by atoms with Crippen molar-refractivity contribution in [2.24, 2.45) is 5.92 Å². The van der Waals surface area contributed by atoms with Gasteiger partial charge >= 0.3 is 0 Å². The Balaban J connectivity index is 1.49. The largest absolute Gasteiger partial charge is 0.381 e. The molecule has 0 saturated carbocycles. The van der Waals surface area contributed by atoms with E-state index < -0.39 is 0 Å². The van der Waals surface area contributed by atoms with Crippen molar-refractivity contribution in [3.8, 4) is 0 Å². The number of rotatable bonds is 3. The van der Waals surface area contributed by atoms with Crippen LogP contribution in [0.3, 0.4) is 0 Å². The molecule has 0 bridgehead atoms. The summed E-state index contributed by atoms with van der Waals surface area (Å²) in [5, 5.41) is 0. The minimum Gasteiger partial charge on any atom is -0.381 e. The zero-order valence-electron chi connectivity index (χ0n) is 11.1. The molecule has 1 atom stereocenters. The number of likely N-dealkylation sites (tertiary alicyclic amines) is 1. The average Bonchev–Trinajstić information content (AvgIpc) is 2.94. The second-order valence-corrected chi connectivity index (χ2v) is 5.72. The summed E-state index contributed by atoms with van der Waals surface area (Å²) in [7, 11) is 0. The Labute approximate surface area is 110 Å². The molecule has 2 nitrogen and oxygen atoms in total. The molecule has 1 aromatic carbocycles. The zero-order valence-corrected chi connectivity index (χ0v) is 11.1. The van der Waals surface area contributed by atoms with Gasteiger partial charge in [-0.2, -0.15) is 0 Å². The Bertz CT molecular complexity index is 351. The van der Waals surface area contributed by atoms with Crippen LogP contribution in [0, 0.1) is 5.92 Å². The highest BCUT2D eigenvalue weighted by atomic mass is 16.5. The average molecular weight is 245 g/mol. The van der Waals surface area contributed by atoms with Gasteiger partial charge in [-0.25, -0.2) is 0 Å². The number of ether oxygens (including phenoxy) is 1. The van der Waals surface area contributed by atoms with Crippen molar-refractivity contribution in [2.75, 3.05) is 32.8 Å². The predicted octanol–water partition coefficient (Wildman–Crippen LogP) is 2.90. The van der Waals surface area contributed by atoms with Gasteiger partial charge < -0.3 is 9.64 Å². The fourth-order valence-corrected chi connectivity index (χ4v) is 3.27. The van der Waals surface area contributed by atoms with Crippen molar-refractivity contribution < 1.29 is 4.74 Å². The summed E-state index contributed by atoms with van der Waals surface area (Å²) in [5.74, 6) is 1.57. The van der Waals surface area contributed by atoms with Crippen molar-refractivity contribution in [3.05, 3.63) is 35.9 Å². The minimum atomic E-state index is 0.780. The van der Waals surface area contributed by atoms with E-state index in [4.69, 9.17) is 4.74 Å². The molecule has 2 aliphatic heterocycles. The number of piperidine rings is 1. The maximum absolute atomic E-state index is 5.46. The van der Waals surface area contributed by atoms with Gasteiger partial charge in [0.05, 0.1) is 6.61 Å². The van der Waals surface area contributed by atoms with Crippen LogP contribution in [0.25, 0.3) is 0 Å². The molecule has 2 saturated heterocycles. The first-order valence-electron chi connectivity index (χ1n) is 7.27. The zero-order chi connectivity index (χ0) is 12.2. The Morgan fingerprint density at radius 3 is 2.50 bits per heavy atom. The summed E-state index contributed by atoms with van der Waals surface area (Å²) in [6, 6.07) is 11.0. The lowest BCUT2D eigenvalue weighted by Gasteiger charge is -2.33. The van der Waals surface area contributed by atoms with E-state index in [1.807, 2.05) is 0 Å². The maximum atomic E-state index is 5.46. The van der Waals surface area contributed by atoms with Crippen LogP contribution in [0.4, 0.5) is 0 Å². The molecule has 0 spiro atoms. The van der Waals surface area contributed by atoms with Crippen LogP contribution >= 0.6 is 0 Å². The molecule has 0 amide bonds. The molecule has 2 fully saturated rings. The van der Waals surface area contributed by atoms with Gasteiger partial charge in [0.2, 0.25) is 0 Å². The SMILES string of the molecule is c1ccc(C2CCN(CC3CCOC3)CC2)cc1. The lowest BCUT2D eigenvalue weighted by Crippen LogP contribution is -2.36. The van der Waals surface area contributed by atoms with Crippen molar-refractivity contribution >= 4 is 0 Å². The van der Waals surface area contributed by atoms with Gasteiger partial charge in [-0.15, -0.1) is 0 Å². The lowest BCUT2D eigenvalue weighted by atomic mass is 9.89. The van der Waals surface area contributed by atoms with Gasteiger partial charge in [-0.3, -0.25) is 0 Å². The molecule has 98 valence electrons. The van der Waals surface area contributed by atoms with Gasteiger partial charge in [-0.05, 0) is 49.8 Å². The summed E-state index contributed by atoms with van der Waals surface area (Å²) in [6.45, 7) is 5.73. The van der Waals surface area contributed by atoms with E-state index in [-0.39, 0.29) is 0 Å². The molecule has 0 aromatic heterocycles. The summed E-state index contributed by atoms with van der Waals surface area (Å²) in [6.07, 6.45) is 3.90. The van der Waals surface area contributed by atoms with Crippen LogP contribution in [-0.4, -0.2) is 37.7 Å². The smallest absolute Gasteiger partial charge is 0.0507 e. The van der Waals surface area contributed by atoms with E-state index in [0.717, 1.165) is 25.0 Å². The van der Waals surface area contributed by atoms with Crippen molar-refractivity contribution in [1.82, 2.24) is 4.90 Å². The third kappa shape index (κ3) is 2.93. The van der Waals surface area contributed by atoms with Crippen molar-refractivity contribution in [3.63, 3.8) is 0 Å². The monoisotopic (exact) mass is 245 g/mol. The first-order chi connectivity index (χ1) is 8.92. The second kappa shape index (κ2) is 5.85. The molecule has 3 rings (SSSR count).